The summed E-state index contributed by atoms with van der Waals surface area (Å²) >= 11 is 0. The number of amides is 1. The Labute approximate surface area is 145 Å². The van der Waals surface area contributed by atoms with E-state index in [9.17, 15) is 18.8 Å². The van der Waals surface area contributed by atoms with Crippen LogP contribution >= 0.6 is 0 Å². The van der Waals surface area contributed by atoms with Gasteiger partial charge in [-0.2, -0.15) is 4.73 Å². The number of halogens is 2. The average molecular weight is 346 g/mol. The third-order valence-corrected chi connectivity index (χ3v) is 4.67. The summed E-state index contributed by atoms with van der Waals surface area (Å²) in [6, 6.07) is 6.84. The van der Waals surface area contributed by atoms with Crippen LogP contribution in [0.2, 0.25) is 0 Å². The number of carbonyl (C=O) groups is 1. The quantitative estimate of drug-likeness (QED) is 0.631. The number of hydrogen-bond acceptors (Lipinski definition) is 2. The molecule has 0 bridgehead atoms. The molecule has 2 aromatic rings. The van der Waals surface area contributed by atoms with Crippen LogP contribution in [-0.4, -0.2) is 23.9 Å². The molecule has 0 N–H and O–H groups in total. The Bertz CT molecular complexity index is 767. The Kier molecular flexibility index (Phi) is 5.26. The second-order valence-corrected chi connectivity index (χ2v) is 6.49. The van der Waals surface area contributed by atoms with Crippen molar-refractivity contribution in [2.75, 3.05) is 13.1 Å². The van der Waals surface area contributed by atoms with Crippen molar-refractivity contribution in [3.8, 4) is 0 Å². The Morgan fingerprint density at radius 2 is 2.16 bits per heavy atom. The minimum absolute atomic E-state index is 0.150. The smallest absolute Gasteiger partial charge is 0.259 e. The molecular weight excluding hydrogens is 326 g/mol. The number of rotatable bonds is 4. The maximum Gasteiger partial charge on any atom is 0.259 e. The van der Waals surface area contributed by atoms with E-state index in [2.05, 4.69) is 0 Å². The van der Waals surface area contributed by atoms with Crippen LogP contribution in [-0.2, 0) is 6.42 Å². The number of benzene rings is 1. The number of likely N-dealkylation sites (tertiary alicyclic amines) is 1. The van der Waals surface area contributed by atoms with Gasteiger partial charge in [-0.05, 0) is 49.3 Å². The van der Waals surface area contributed by atoms with Crippen LogP contribution in [0.3, 0.4) is 0 Å². The minimum Gasteiger partial charge on any atom is -0.619 e. The van der Waals surface area contributed by atoms with Crippen molar-refractivity contribution in [1.29, 1.82) is 0 Å². The van der Waals surface area contributed by atoms with E-state index in [0.29, 0.717) is 35.4 Å². The van der Waals surface area contributed by atoms with Crippen molar-refractivity contribution >= 4 is 5.91 Å². The van der Waals surface area contributed by atoms with Crippen molar-refractivity contribution < 1.29 is 18.3 Å². The van der Waals surface area contributed by atoms with Crippen molar-refractivity contribution in [2.24, 2.45) is 5.92 Å². The lowest BCUT2D eigenvalue weighted by atomic mass is 9.91. The number of aryl methyl sites for hydroxylation is 1. The Balaban J connectivity index is 1.60. The van der Waals surface area contributed by atoms with E-state index >= 15 is 0 Å². The van der Waals surface area contributed by atoms with Gasteiger partial charge in [-0.3, -0.25) is 4.79 Å². The molecule has 0 radical (unpaired) electrons. The van der Waals surface area contributed by atoms with Gasteiger partial charge in [0.15, 0.2) is 12.4 Å². The van der Waals surface area contributed by atoms with Gasteiger partial charge >= 0.3 is 0 Å². The van der Waals surface area contributed by atoms with Crippen molar-refractivity contribution in [3.05, 3.63) is 70.7 Å². The van der Waals surface area contributed by atoms with Gasteiger partial charge in [0.25, 0.3) is 5.91 Å². The molecule has 0 spiro atoms. The lowest BCUT2D eigenvalue weighted by molar-refractivity contribution is -0.605. The molecule has 0 saturated carbocycles. The van der Waals surface area contributed by atoms with E-state index in [-0.39, 0.29) is 11.8 Å². The van der Waals surface area contributed by atoms with Gasteiger partial charge in [0.2, 0.25) is 0 Å². The molecule has 1 atom stereocenters. The number of pyridine rings is 1. The predicted molar refractivity (Wildman–Crippen MR) is 88.7 cm³/mol. The minimum atomic E-state index is -0.575. The van der Waals surface area contributed by atoms with Crippen LogP contribution in [0.4, 0.5) is 8.78 Å². The maximum atomic E-state index is 13.7. The molecule has 1 amide bonds. The van der Waals surface area contributed by atoms with E-state index in [1.54, 1.807) is 17.0 Å². The maximum absolute atomic E-state index is 13.7. The van der Waals surface area contributed by atoms with Gasteiger partial charge in [0, 0.05) is 25.2 Å². The fourth-order valence-corrected chi connectivity index (χ4v) is 3.33. The highest BCUT2D eigenvalue weighted by Gasteiger charge is 2.25. The summed E-state index contributed by atoms with van der Waals surface area (Å²) in [4.78, 5) is 14.3. The van der Waals surface area contributed by atoms with E-state index in [1.165, 1.54) is 24.5 Å². The average Bonchev–Trinajstić information content (AvgIpc) is 2.60. The Hall–Kier alpha value is -2.50. The van der Waals surface area contributed by atoms with Gasteiger partial charge in [-0.15, -0.1) is 0 Å². The lowest BCUT2D eigenvalue weighted by Gasteiger charge is -2.32. The normalized spacial score (nSPS) is 17.5. The first-order valence-corrected chi connectivity index (χ1v) is 8.45. The third-order valence-electron chi connectivity index (χ3n) is 4.67. The van der Waals surface area contributed by atoms with E-state index < -0.39 is 11.6 Å². The molecule has 132 valence electrons. The third kappa shape index (κ3) is 4.32. The largest absolute Gasteiger partial charge is 0.619 e. The van der Waals surface area contributed by atoms with Crippen molar-refractivity contribution in [3.63, 3.8) is 0 Å². The van der Waals surface area contributed by atoms with Crippen LogP contribution in [0.15, 0.2) is 42.7 Å². The molecule has 3 rings (SSSR count). The first kappa shape index (κ1) is 17.3. The summed E-state index contributed by atoms with van der Waals surface area (Å²) in [6.45, 7) is 1.25. The van der Waals surface area contributed by atoms with E-state index in [1.807, 2.05) is 0 Å². The lowest BCUT2D eigenvalue weighted by Crippen LogP contribution is -2.41. The summed E-state index contributed by atoms with van der Waals surface area (Å²) in [6.07, 6.45) is 5.73. The molecule has 1 fully saturated rings. The number of aromatic nitrogens is 1. The van der Waals surface area contributed by atoms with Crippen molar-refractivity contribution in [2.45, 2.75) is 25.7 Å². The molecule has 1 saturated heterocycles. The topological polar surface area (TPSA) is 47.2 Å². The van der Waals surface area contributed by atoms with E-state index in [4.69, 9.17) is 0 Å². The van der Waals surface area contributed by atoms with Crippen LogP contribution in [0, 0.1) is 22.8 Å². The fraction of sp³-hybridized carbons (Fsp3) is 0.368. The fourth-order valence-electron chi connectivity index (χ4n) is 3.33. The summed E-state index contributed by atoms with van der Waals surface area (Å²) in [5.74, 6) is -0.977. The molecule has 0 aliphatic carbocycles. The zero-order valence-corrected chi connectivity index (χ0v) is 13.8. The Morgan fingerprint density at radius 3 is 2.92 bits per heavy atom. The van der Waals surface area contributed by atoms with Crippen LogP contribution < -0.4 is 4.73 Å². The number of piperidine rings is 1. The molecule has 1 aliphatic rings. The van der Waals surface area contributed by atoms with Crippen LogP contribution in [0.1, 0.15) is 35.2 Å². The summed E-state index contributed by atoms with van der Waals surface area (Å²) < 4.78 is 27.3. The number of carbonyl (C=O) groups excluding carboxylic acids is 1. The molecule has 0 unspecified atom stereocenters. The van der Waals surface area contributed by atoms with Gasteiger partial charge in [-0.1, -0.05) is 6.07 Å². The first-order chi connectivity index (χ1) is 12.0. The summed E-state index contributed by atoms with van der Waals surface area (Å²) in [7, 11) is 0. The second kappa shape index (κ2) is 7.59. The predicted octanol–water partition coefficient (Wildman–Crippen LogP) is 3.08. The highest BCUT2D eigenvalue weighted by molar-refractivity contribution is 5.93. The molecule has 6 heteroatoms. The zero-order valence-electron chi connectivity index (χ0n) is 13.8. The summed E-state index contributed by atoms with van der Waals surface area (Å²) in [5, 5.41) is 11.3. The van der Waals surface area contributed by atoms with Gasteiger partial charge in [-0.25, -0.2) is 8.78 Å². The highest BCUT2D eigenvalue weighted by Crippen LogP contribution is 2.23. The monoisotopic (exact) mass is 346 g/mol. The molecule has 1 aromatic heterocycles. The zero-order chi connectivity index (χ0) is 17.8. The second-order valence-electron chi connectivity index (χ2n) is 6.49. The summed E-state index contributed by atoms with van der Waals surface area (Å²) in [5.41, 5.74) is 0.878. The van der Waals surface area contributed by atoms with Gasteiger partial charge in [0.1, 0.15) is 17.2 Å². The molecule has 2 heterocycles. The highest BCUT2D eigenvalue weighted by atomic mass is 19.1. The molecular formula is C19H20F2N2O2. The van der Waals surface area contributed by atoms with E-state index in [0.717, 1.165) is 25.3 Å². The van der Waals surface area contributed by atoms with Gasteiger partial charge in [0.05, 0.1) is 0 Å². The SMILES string of the molecule is O=C(c1ccc[n+]([O-])c1)N1CCC[C@@H](CCc2ccc(F)cc2F)C1. The molecule has 1 aromatic carbocycles. The van der Waals surface area contributed by atoms with Crippen LogP contribution in [0.25, 0.3) is 0 Å². The van der Waals surface area contributed by atoms with Crippen LogP contribution in [0.5, 0.6) is 0 Å². The standard InChI is InChI=1S/C19H20F2N2O2/c20-17-8-7-15(18(21)11-17)6-5-14-3-1-9-22(12-14)19(24)16-4-2-10-23(25)13-16/h2,4,7-8,10-11,13-14H,1,3,5-6,9,12H2/t14-/m0/s1. The molecule has 1 aliphatic heterocycles. The number of hydrogen-bond donors (Lipinski definition) is 0. The first-order valence-electron chi connectivity index (χ1n) is 8.45. The van der Waals surface area contributed by atoms with Crippen molar-refractivity contribution in [1.82, 2.24) is 4.90 Å². The number of nitrogens with zero attached hydrogens (tertiary/aromatic N) is 2. The van der Waals surface area contributed by atoms with Gasteiger partial charge < -0.3 is 10.1 Å². The Morgan fingerprint density at radius 1 is 1.32 bits per heavy atom. The molecule has 4 nitrogen and oxygen atoms in total. The molecule has 25 heavy (non-hydrogen) atoms.